The maximum Gasteiger partial charge on any atom is 0.292 e. The third-order valence-corrected chi connectivity index (χ3v) is 4.10. The molecule has 3 rings (SSSR count). The highest BCUT2D eigenvalue weighted by molar-refractivity contribution is 6.05. The van der Waals surface area contributed by atoms with Crippen LogP contribution in [0.3, 0.4) is 0 Å². The molecule has 2 aromatic heterocycles. The van der Waals surface area contributed by atoms with Crippen LogP contribution in [0.4, 0.5) is 6.01 Å². The molecule has 0 fully saturated rings. The van der Waals surface area contributed by atoms with E-state index >= 15 is 0 Å². The predicted molar refractivity (Wildman–Crippen MR) is 120 cm³/mol. The maximum absolute atomic E-state index is 5.67. The van der Waals surface area contributed by atoms with E-state index in [9.17, 15) is 0 Å². The van der Waals surface area contributed by atoms with E-state index in [1.54, 1.807) is 0 Å². The first-order valence-corrected chi connectivity index (χ1v) is 10.0. The number of rotatable bonds is 5. The lowest BCUT2D eigenvalue weighted by molar-refractivity contribution is 0.626. The molecular formula is C24H31N3O. The first kappa shape index (κ1) is 21.4. The van der Waals surface area contributed by atoms with Crippen molar-refractivity contribution < 1.29 is 4.42 Å². The lowest BCUT2D eigenvalue weighted by atomic mass is 9.93. The molecule has 0 unspecified atom stereocenters. The zero-order valence-corrected chi connectivity index (χ0v) is 17.6. The van der Waals surface area contributed by atoms with Crippen molar-refractivity contribution in [2.45, 2.75) is 53.9 Å². The molecule has 4 nitrogen and oxygen atoms in total. The van der Waals surface area contributed by atoms with Gasteiger partial charge in [-0.1, -0.05) is 57.9 Å². The highest BCUT2D eigenvalue weighted by atomic mass is 16.4. The molecule has 0 spiro atoms. The number of anilines is 1. The number of fused-ring (bicyclic) bond motifs is 1. The molecule has 0 saturated heterocycles. The van der Waals surface area contributed by atoms with Gasteiger partial charge < -0.3 is 10.2 Å². The van der Waals surface area contributed by atoms with Crippen LogP contribution in [0.5, 0.6) is 0 Å². The normalized spacial score (nSPS) is 12.0. The van der Waals surface area contributed by atoms with Crippen molar-refractivity contribution in [1.29, 1.82) is 0 Å². The Labute approximate surface area is 168 Å². The van der Waals surface area contributed by atoms with Gasteiger partial charge in [0.05, 0.1) is 5.69 Å². The highest BCUT2D eigenvalue weighted by Gasteiger charge is 2.13. The Kier molecular flexibility index (Phi) is 8.00. The SMILES string of the molecule is C/C=C(\C(=C/CCC)c1cccc(C)n1)c1ccc2oc(N)nc2c1.CCC. The van der Waals surface area contributed by atoms with Gasteiger partial charge in [-0.05, 0) is 55.7 Å². The number of hydrogen-bond donors (Lipinski definition) is 1. The number of oxazole rings is 1. The fourth-order valence-electron chi connectivity index (χ4n) is 2.92. The molecule has 3 aromatic rings. The Balaban J connectivity index is 0.000000878. The number of nitrogen functional groups attached to an aromatic ring is 1. The van der Waals surface area contributed by atoms with Crippen LogP contribution in [-0.2, 0) is 0 Å². The third-order valence-electron chi connectivity index (χ3n) is 4.10. The number of aryl methyl sites for hydroxylation is 1. The molecular weight excluding hydrogens is 346 g/mol. The van der Waals surface area contributed by atoms with Crippen LogP contribution in [0.25, 0.3) is 22.2 Å². The molecule has 1 aromatic carbocycles. The van der Waals surface area contributed by atoms with E-state index in [0.717, 1.165) is 46.5 Å². The summed E-state index contributed by atoms with van der Waals surface area (Å²) in [6.07, 6.45) is 7.72. The first-order valence-electron chi connectivity index (χ1n) is 10.0. The van der Waals surface area contributed by atoms with Gasteiger partial charge in [0.2, 0.25) is 0 Å². The Morgan fingerprint density at radius 2 is 1.82 bits per heavy atom. The lowest BCUT2D eigenvalue weighted by Gasteiger charge is -2.13. The number of aromatic nitrogens is 2. The first-order chi connectivity index (χ1) is 13.5. The summed E-state index contributed by atoms with van der Waals surface area (Å²) < 4.78 is 5.38. The van der Waals surface area contributed by atoms with E-state index in [0.29, 0.717) is 5.58 Å². The zero-order valence-electron chi connectivity index (χ0n) is 17.6. The van der Waals surface area contributed by atoms with Crippen LogP contribution in [0.1, 0.15) is 63.9 Å². The van der Waals surface area contributed by atoms with Gasteiger partial charge in [0.1, 0.15) is 5.52 Å². The Morgan fingerprint density at radius 1 is 1.07 bits per heavy atom. The van der Waals surface area contributed by atoms with Crippen LogP contribution in [0.15, 0.2) is 53.0 Å². The van der Waals surface area contributed by atoms with Crippen molar-refractivity contribution in [3.8, 4) is 0 Å². The summed E-state index contributed by atoms with van der Waals surface area (Å²) in [6.45, 7) is 10.5. The Bertz CT molecular complexity index is 967. The van der Waals surface area contributed by atoms with Crippen molar-refractivity contribution in [2.75, 3.05) is 5.73 Å². The zero-order chi connectivity index (χ0) is 20.5. The molecule has 28 heavy (non-hydrogen) atoms. The van der Waals surface area contributed by atoms with E-state index in [1.165, 1.54) is 6.42 Å². The second-order valence-electron chi connectivity index (χ2n) is 6.71. The van der Waals surface area contributed by atoms with Gasteiger partial charge in [-0.15, -0.1) is 0 Å². The van der Waals surface area contributed by atoms with E-state index in [4.69, 9.17) is 15.1 Å². The van der Waals surface area contributed by atoms with Gasteiger partial charge in [0, 0.05) is 11.3 Å². The maximum atomic E-state index is 5.67. The third kappa shape index (κ3) is 5.32. The molecule has 0 atom stereocenters. The summed E-state index contributed by atoms with van der Waals surface area (Å²) in [5.74, 6) is 0. The van der Waals surface area contributed by atoms with Crippen LogP contribution in [0, 0.1) is 6.92 Å². The molecule has 2 N–H and O–H groups in total. The summed E-state index contributed by atoms with van der Waals surface area (Å²) in [4.78, 5) is 8.97. The van der Waals surface area contributed by atoms with Gasteiger partial charge in [0.25, 0.3) is 6.01 Å². The largest absolute Gasteiger partial charge is 0.424 e. The number of nitrogens with two attached hydrogens (primary N) is 1. The minimum absolute atomic E-state index is 0.191. The molecule has 0 aliphatic carbocycles. The van der Waals surface area contributed by atoms with Gasteiger partial charge in [-0.3, -0.25) is 4.98 Å². The van der Waals surface area contributed by atoms with Gasteiger partial charge in [-0.2, -0.15) is 4.98 Å². The molecule has 0 saturated carbocycles. The smallest absolute Gasteiger partial charge is 0.292 e. The Morgan fingerprint density at radius 3 is 2.46 bits per heavy atom. The van der Waals surface area contributed by atoms with E-state index in [2.05, 4.69) is 44.0 Å². The summed E-state index contributed by atoms with van der Waals surface area (Å²) in [6, 6.07) is 12.3. The average molecular weight is 378 g/mol. The number of pyridine rings is 1. The fraction of sp³-hybridized carbons (Fsp3) is 0.333. The molecule has 148 valence electrons. The summed E-state index contributed by atoms with van der Waals surface area (Å²) in [7, 11) is 0. The van der Waals surface area contributed by atoms with E-state index in [1.807, 2.05) is 44.2 Å². The van der Waals surface area contributed by atoms with Gasteiger partial charge in [-0.25, -0.2) is 0 Å². The van der Waals surface area contributed by atoms with Crippen LogP contribution in [-0.4, -0.2) is 9.97 Å². The molecule has 0 aliphatic heterocycles. The number of benzene rings is 1. The van der Waals surface area contributed by atoms with Gasteiger partial charge >= 0.3 is 0 Å². The Hall–Kier alpha value is -2.88. The van der Waals surface area contributed by atoms with Crippen LogP contribution >= 0.6 is 0 Å². The average Bonchev–Trinajstić information content (AvgIpc) is 3.05. The molecule has 0 aliphatic rings. The predicted octanol–water partition coefficient (Wildman–Crippen LogP) is 6.82. The second kappa shape index (κ2) is 10.5. The van der Waals surface area contributed by atoms with Crippen molar-refractivity contribution >= 4 is 28.3 Å². The molecule has 0 amide bonds. The number of nitrogens with zero attached hydrogens (tertiary/aromatic N) is 2. The second-order valence-corrected chi connectivity index (χ2v) is 6.71. The molecule has 4 heteroatoms. The quantitative estimate of drug-likeness (QED) is 0.496. The minimum Gasteiger partial charge on any atom is -0.424 e. The topological polar surface area (TPSA) is 64.9 Å². The van der Waals surface area contributed by atoms with Crippen LogP contribution in [0.2, 0.25) is 0 Å². The molecule has 2 heterocycles. The minimum atomic E-state index is 0.191. The fourth-order valence-corrected chi connectivity index (χ4v) is 2.92. The van der Waals surface area contributed by atoms with Crippen molar-refractivity contribution in [3.05, 3.63) is 65.5 Å². The summed E-state index contributed by atoms with van der Waals surface area (Å²) in [5.41, 5.74) is 12.5. The number of unbranched alkanes of at least 4 members (excludes halogenated alkanes) is 1. The summed E-state index contributed by atoms with van der Waals surface area (Å²) >= 11 is 0. The highest BCUT2D eigenvalue weighted by Crippen LogP contribution is 2.33. The van der Waals surface area contributed by atoms with E-state index < -0.39 is 0 Å². The standard InChI is InChI=1S/C21H23N3O.C3H8/c1-4-6-9-17(18-10-7-8-14(3)23-18)16(5-2)15-11-12-20-19(13-15)24-21(22)25-20;1-3-2/h5,7-13H,4,6H2,1-3H3,(H2,22,24);3H2,1-2H3/b16-5-,17-9+;. The molecule has 0 bridgehead atoms. The molecule has 0 radical (unpaired) electrons. The van der Waals surface area contributed by atoms with Crippen molar-refractivity contribution in [2.24, 2.45) is 0 Å². The number of allylic oxidation sites excluding steroid dienone is 4. The van der Waals surface area contributed by atoms with Gasteiger partial charge in [0.15, 0.2) is 5.58 Å². The van der Waals surface area contributed by atoms with Crippen molar-refractivity contribution in [3.63, 3.8) is 0 Å². The lowest BCUT2D eigenvalue weighted by Crippen LogP contribution is -1.96. The van der Waals surface area contributed by atoms with Crippen molar-refractivity contribution in [1.82, 2.24) is 9.97 Å². The number of hydrogen-bond acceptors (Lipinski definition) is 4. The van der Waals surface area contributed by atoms with E-state index in [-0.39, 0.29) is 6.01 Å². The van der Waals surface area contributed by atoms with Crippen LogP contribution < -0.4 is 5.73 Å². The summed E-state index contributed by atoms with van der Waals surface area (Å²) in [5, 5.41) is 0. The monoisotopic (exact) mass is 377 g/mol.